The fourth-order valence-electron chi connectivity index (χ4n) is 3.04. The molecule has 20 heavy (non-hydrogen) atoms. The van der Waals surface area contributed by atoms with E-state index >= 15 is 0 Å². The summed E-state index contributed by atoms with van der Waals surface area (Å²) in [5.74, 6) is -1.64. The molecular weight excluding hydrogens is 258 g/mol. The van der Waals surface area contributed by atoms with Gasteiger partial charge in [-0.1, -0.05) is 25.8 Å². The van der Waals surface area contributed by atoms with Gasteiger partial charge in [-0.25, -0.2) is 8.78 Å². The Morgan fingerprint density at radius 2 is 2.05 bits per heavy atom. The lowest BCUT2D eigenvalue weighted by molar-refractivity contribution is 0.183. The number of nitrogens with two attached hydrogens (primary N) is 1. The molecule has 1 saturated heterocycles. The van der Waals surface area contributed by atoms with Crippen molar-refractivity contribution in [1.82, 2.24) is 4.90 Å². The summed E-state index contributed by atoms with van der Waals surface area (Å²) in [5.41, 5.74) is 6.85. The zero-order valence-corrected chi connectivity index (χ0v) is 12.1. The Kier molecular flexibility index (Phi) is 5.49. The first-order chi connectivity index (χ1) is 9.61. The second-order valence-electron chi connectivity index (χ2n) is 5.69. The molecule has 2 unspecified atom stereocenters. The Balaban J connectivity index is 2.04. The van der Waals surface area contributed by atoms with Crippen molar-refractivity contribution in [2.24, 2.45) is 5.73 Å². The molecule has 2 N–H and O–H groups in total. The monoisotopic (exact) mass is 282 g/mol. The van der Waals surface area contributed by atoms with E-state index in [1.807, 2.05) is 0 Å². The van der Waals surface area contributed by atoms with Crippen molar-refractivity contribution in [3.05, 3.63) is 35.4 Å². The van der Waals surface area contributed by atoms with Crippen molar-refractivity contribution in [3.63, 3.8) is 0 Å². The van der Waals surface area contributed by atoms with Crippen LogP contribution in [-0.2, 0) is 0 Å². The lowest BCUT2D eigenvalue weighted by atomic mass is 10.0. The van der Waals surface area contributed by atoms with E-state index in [4.69, 9.17) is 5.73 Å². The van der Waals surface area contributed by atoms with E-state index < -0.39 is 11.6 Å². The maximum absolute atomic E-state index is 13.3. The average molecular weight is 282 g/mol. The molecule has 1 aliphatic heterocycles. The number of likely N-dealkylation sites (tertiary alicyclic amines) is 1. The maximum atomic E-state index is 13.3. The highest BCUT2D eigenvalue weighted by Gasteiger charge is 2.22. The number of rotatable bonds is 4. The van der Waals surface area contributed by atoms with Gasteiger partial charge in [-0.2, -0.15) is 0 Å². The van der Waals surface area contributed by atoms with Crippen LogP contribution in [0.3, 0.4) is 0 Å². The van der Waals surface area contributed by atoms with Crippen LogP contribution in [0.15, 0.2) is 18.2 Å². The SMILES string of the molecule is CCC1CCCCCN1CC(N)c1ccc(F)c(F)c1. The van der Waals surface area contributed by atoms with Crippen molar-refractivity contribution in [2.45, 2.75) is 51.1 Å². The zero-order chi connectivity index (χ0) is 14.5. The second-order valence-corrected chi connectivity index (χ2v) is 5.69. The molecule has 2 rings (SSSR count). The summed E-state index contributed by atoms with van der Waals surface area (Å²) in [5, 5.41) is 0. The van der Waals surface area contributed by atoms with Gasteiger partial charge in [0.05, 0.1) is 0 Å². The molecule has 4 heteroatoms. The average Bonchev–Trinajstić information content (AvgIpc) is 2.66. The lowest BCUT2D eigenvalue weighted by Crippen LogP contribution is -2.39. The topological polar surface area (TPSA) is 29.3 Å². The van der Waals surface area contributed by atoms with Gasteiger partial charge in [-0.05, 0) is 43.5 Å². The third-order valence-electron chi connectivity index (χ3n) is 4.27. The maximum Gasteiger partial charge on any atom is 0.159 e. The van der Waals surface area contributed by atoms with Crippen LogP contribution in [0.2, 0.25) is 0 Å². The molecule has 0 saturated carbocycles. The van der Waals surface area contributed by atoms with Crippen LogP contribution < -0.4 is 5.73 Å². The second kappa shape index (κ2) is 7.14. The van der Waals surface area contributed by atoms with E-state index in [9.17, 15) is 8.78 Å². The molecule has 0 spiro atoms. The van der Waals surface area contributed by atoms with Crippen LogP contribution >= 0.6 is 0 Å². The normalized spacial score (nSPS) is 22.5. The Morgan fingerprint density at radius 1 is 1.25 bits per heavy atom. The molecule has 0 bridgehead atoms. The Morgan fingerprint density at radius 3 is 2.75 bits per heavy atom. The van der Waals surface area contributed by atoms with Crippen molar-refractivity contribution < 1.29 is 8.78 Å². The standard InChI is InChI=1S/C16H24F2N2/c1-2-13-6-4-3-5-9-20(13)11-16(19)12-7-8-14(17)15(18)10-12/h7-8,10,13,16H,2-6,9,11,19H2,1H3. The minimum Gasteiger partial charge on any atom is -0.323 e. The largest absolute Gasteiger partial charge is 0.323 e. The summed E-state index contributed by atoms with van der Waals surface area (Å²) in [6.07, 6.45) is 6.06. The molecule has 2 nitrogen and oxygen atoms in total. The van der Waals surface area contributed by atoms with Gasteiger partial charge in [0.25, 0.3) is 0 Å². The molecular formula is C16H24F2N2. The number of benzene rings is 1. The molecule has 112 valence electrons. The van der Waals surface area contributed by atoms with Gasteiger partial charge < -0.3 is 5.73 Å². The van der Waals surface area contributed by atoms with Gasteiger partial charge in [0, 0.05) is 18.6 Å². The van der Waals surface area contributed by atoms with Crippen LogP contribution in [0.4, 0.5) is 8.78 Å². The van der Waals surface area contributed by atoms with Gasteiger partial charge in [0.2, 0.25) is 0 Å². The highest BCUT2D eigenvalue weighted by molar-refractivity contribution is 5.21. The van der Waals surface area contributed by atoms with Crippen LogP contribution in [0, 0.1) is 11.6 Å². The van der Waals surface area contributed by atoms with Crippen LogP contribution in [0.1, 0.15) is 50.6 Å². The first kappa shape index (κ1) is 15.4. The van der Waals surface area contributed by atoms with Crippen LogP contribution in [-0.4, -0.2) is 24.0 Å². The third kappa shape index (κ3) is 3.76. The zero-order valence-electron chi connectivity index (χ0n) is 12.1. The van der Waals surface area contributed by atoms with Gasteiger partial charge in [-0.3, -0.25) is 4.90 Å². The first-order valence-corrected chi connectivity index (χ1v) is 7.56. The molecule has 0 aromatic heterocycles. The van der Waals surface area contributed by atoms with Gasteiger partial charge in [0.15, 0.2) is 11.6 Å². The predicted octanol–water partition coefficient (Wildman–Crippen LogP) is 3.62. The highest BCUT2D eigenvalue weighted by Crippen LogP contribution is 2.22. The smallest absolute Gasteiger partial charge is 0.159 e. The Labute approximate surface area is 120 Å². The molecule has 0 amide bonds. The number of hydrogen-bond acceptors (Lipinski definition) is 2. The summed E-state index contributed by atoms with van der Waals surface area (Å²) in [7, 11) is 0. The number of halogens is 2. The summed E-state index contributed by atoms with van der Waals surface area (Å²) in [6.45, 7) is 3.96. The Bertz CT molecular complexity index is 436. The highest BCUT2D eigenvalue weighted by atomic mass is 19.2. The quantitative estimate of drug-likeness (QED) is 0.914. The molecule has 1 aromatic rings. The van der Waals surface area contributed by atoms with Crippen molar-refractivity contribution >= 4 is 0 Å². The van der Waals surface area contributed by atoms with E-state index in [0.29, 0.717) is 18.2 Å². The molecule has 2 atom stereocenters. The van der Waals surface area contributed by atoms with Crippen molar-refractivity contribution in [3.8, 4) is 0 Å². The lowest BCUT2D eigenvalue weighted by Gasteiger charge is -2.31. The van der Waals surface area contributed by atoms with Gasteiger partial charge in [0.1, 0.15) is 0 Å². The molecule has 1 fully saturated rings. The molecule has 1 aliphatic rings. The minimum absolute atomic E-state index is 0.266. The van der Waals surface area contributed by atoms with Crippen molar-refractivity contribution in [1.29, 1.82) is 0 Å². The third-order valence-corrected chi connectivity index (χ3v) is 4.27. The number of nitrogens with zero attached hydrogens (tertiary/aromatic N) is 1. The summed E-state index contributed by atoms with van der Waals surface area (Å²) in [6, 6.07) is 4.26. The van der Waals surface area contributed by atoms with E-state index in [0.717, 1.165) is 19.0 Å². The Hall–Kier alpha value is -1.00. The minimum atomic E-state index is -0.819. The van der Waals surface area contributed by atoms with Gasteiger partial charge >= 0.3 is 0 Å². The first-order valence-electron chi connectivity index (χ1n) is 7.56. The summed E-state index contributed by atoms with van der Waals surface area (Å²) >= 11 is 0. The summed E-state index contributed by atoms with van der Waals surface area (Å²) < 4.78 is 26.2. The van der Waals surface area contributed by atoms with E-state index in [1.165, 1.54) is 31.7 Å². The predicted molar refractivity (Wildman–Crippen MR) is 77.4 cm³/mol. The van der Waals surface area contributed by atoms with E-state index in [-0.39, 0.29) is 6.04 Å². The van der Waals surface area contributed by atoms with Crippen molar-refractivity contribution in [2.75, 3.05) is 13.1 Å². The fraction of sp³-hybridized carbons (Fsp3) is 0.625. The van der Waals surface area contributed by atoms with E-state index in [2.05, 4.69) is 11.8 Å². The molecule has 1 heterocycles. The van der Waals surface area contributed by atoms with Gasteiger partial charge in [-0.15, -0.1) is 0 Å². The molecule has 0 radical (unpaired) electrons. The van der Waals surface area contributed by atoms with Crippen LogP contribution in [0.25, 0.3) is 0 Å². The number of hydrogen-bond donors (Lipinski definition) is 1. The molecule has 0 aliphatic carbocycles. The summed E-state index contributed by atoms with van der Waals surface area (Å²) in [4.78, 5) is 2.42. The van der Waals surface area contributed by atoms with E-state index in [1.54, 1.807) is 6.07 Å². The van der Waals surface area contributed by atoms with Crippen LogP contribution in [0.5, 0.6) is 0 Å². The fourth-order valence-corrected chi connectivity index (χ4v) is 3.04. The molecule has 1 aromatic carbocycles.